The van der Waals surface area contributed by atoms with Crippen LogP contribution >= 0.6 is 11.3 Å². The minimum absolute atomic E-state index is 0.218. The zero-order chi connectivity index (χ0) is 15.6. The van der Waals surface area contributed by atoms with E-state index in [1.54, 1.807) is 11.3 Å². The van der Waals surface area contributed by atoms with Crippen molar-refractivity contribution in [2.45, 2.75) is 31.7 Å². The largest absolute Gasteiger partial charge is 0.396 e. The first-order valence-electron chi connectivity index (χ1n) is 7.99. The Morgan fingerprint density at radius 1 is 1.22 bits per heavy atom. The minimum atomic E-state index is 0.218. The highest BCUT2D eigenvalue weighted by molar-refractivity contribution is 7.08. The second kappa shape index (κ2) is 6.25. The van der Waals surface area contributed by atoms with E-state index in [9.17, 15) is 5.11 Å². The minimum Gasteiger partial charge on any atom is -0.396 e. The fourth-order valence-corrected chi connectivity index (χ4v) is 3.89. The van der Waals surface area contributed by atoms with Gasteiger partial charge in [-0.15, -0.1) is 15.3 Å². The molecule has 3 aromatic rings. The lowest BCUT2D eigenvalue weighted by Gasteiger charge is -2.36. The molecule has 7 heteroatoms. The zero-order valence-electron chi connectivity index (χ0n) is 12.8. The molecule has 120 valence electrons. The smallest absolute Gasteiger partial charge is 0.186 e. The van der Waals surface area contributed by atoms with E-state index in [-0.39, 0.29) is 6.61 Å². The molecule has 0 radical (unpaired) electrons. The highest BCUT2D eigenvalue weighted by atomic mass is 32.1. The summed E-state index contributed by atoms with van der Waals surface area (Å²) in [6, 6.07) is 6.37. The van der Waals surface area contributed by atoms with Crippen molar-refractivity contribution >= 4 is 22.8 Å². The van der Waals surface area contributed by atoms with Crippen LogP contribution in [-0.4, -0.2) is 44.1 Å². The average Bonchev–Trinajstić information content (AvgIpc) is 3.24. The first-order chi connectivity index (χ1) is 11.4. The third kappa shape index (κ3) is 2.70. The Labute approximate surface area is 138 Å². The number of rotatable bonds is 4. The summed E-state index contributed by atoms with van der Waals surface area (Å²) in [6.45, 7) is 1.20. The van der Waals surface area contributed by atoms with Crippen LogP contribution in [0.15, 0.2) is 29.0 Å². The van der Waals surface area contributed by atoms with Crippen LogP contribution in [-0.2, 0) is 0 Å². The lowest BCUT2D eigenvalue weighted by Crippen LogP contribution is -2.40. The maximum Gasteiger partial charge on any atom is 0.186 e. The van der Waals surface area contributed by atoms with E-state index < -0.39 is 0 Å². The summed E-state index contributed by atoms with van der Waals surface area (Å²) in [7, 11) is 0. The van der Waals surface area contributed by atoms with Gasteiger partial charge in [0.1, 0.15) is 5.82 Å². The normalized spacial score (nSPS) is 18.7. The van der Waals surface area contributed by atoms with Crippen molar-refractivity contribution in [3.8, 4) is 11.4 Å². The molecular formula is C16H19N5OS. The van der Waals surface area contributed by atoms with Gasteiger partial charge in [-0.05, 0) is 49.3 Å². The maximum absolute atomic E-state index is 9.32. The van der Waals surface area contributed by atoms with Crippen LogP contribution in [0.3, 0.4) is 0 Å². The molecule has 0 amide bonds. The number of hydrogen-bond acceptors (Lipinski definition) is 6. The molecule has 23 heavy (non-hydrogen) atoms. The summed E-state index contributed by atoms with van der Waals surface area (Å²) < 4.78 is 1.82. The van der Waals surface area contributed by atoms with Crippen LogP contribution in [0.4, 0.5) is 5.82 Å². The number of aromatic nitrogens is 4. The van der Waals surface area contributed by atoms with E-state index in [0.717, 1.165) is 42.2 Å². The van der Waals surface area contributed by atoms with Crippen molar-refractivity contribution in [3.05, 3.63) is 29.0 Å². The first-order valence-corrected chi connectivity index (χ1v) is 8.93. The summed E-state index contributed by atoms with van der Waals surface area (Å²) in [5.41, 5.74) is 1.79. The molecule has 1 aliphatic rings. The number of anilines is 1. The molecule has 0 aromatic carbocycles. The molecule has 1 unspecified atom stereocenters. The zero-order valence-corrected chi connectivity index (χ0v) is 13.6. The summed E-state index contributed by atoms with van der Waals surface area (Å²) >= 11 is 1.64. The van der Waals surface area contributed by atoms with E-state index in [1.165, 1.54) is 12.8 Å². The highest BCUT2D eigenvalue weighted by Gasteiger charge is 2.24. The second-order valence-electron chi connectivity index (χ2n) is 5.85. The number of fused-ring (bicyclic) bond motifs is 1. The summed E-state index contributed by atoms with van der Waals surface area (Å²) in [5.74, 6) is 1.71. The van der Waals surface area contributed by atoms with Gasteiger partial charge in [0.2, 0.25) is 0 Å². The highest BCUT2D eigenvalue weighted by Crippen LogP contribution is 2.26. The molecule has 4 heterocycles. The van der Waals surface area contributed by atoms with Gasteiger partial charge in [-0.3, -0.25) is 0 Å². The maximum atomic E-state index is 9.32. The molecule has 4 rings (SSSR count). The number of thiophene rings is 1. The van der Waals surface area contributed by atoms with Crippen molar-refractivity contribution < 1.29 is 5.11 Å². The predicted molar refractivity (Wildman–Crippen MR) is 90.8 cm³/mol. The lowest BCUT2D eigenvalue weighted by atomic mass is 10.00. The molecule has 1 aliphatic heterocycles. The van der Waals surface area contributed by atoms with Gasteiger partial charge in [0.05, 0.1) is 0 Å². The first kappa shape index (κ1) is 14.6. The SMILES string of the molecule is OCCC1CCCCN1c1ccc2nnc(-c3ccsc3)n2n1. The van der Waals surface area contributed by atoms with Crippen LogP contribution in [0, 0.1) is 0 Å². The lowest BCUT2D eigenvalue weighted by molar-refractivity contribution is 0.262. The molecular weight excluding hydrogens is 310 g/mol. The fraction of sp³-hybridized carbons (Fsp3) is 0.438. The number of aliphatic hydroxyl groups is 1. The van der Waals surface area contributed by atoms with Crippen molar-refractivity contribution in [2.75, 3.05) is 18.1 Å². The van der Waals surface area contributed by atoms with Gasteiger partial charge in [-0.1, -0.05) is 0 Å². The van der Waals surface area contributed by atoms with Gasteiger partial charge in [0.25, 0.3) is 0 Å². The third-order valence-corrected chi connectivity index (χ3v) is 5.10. The molecule has 6 nitrogen and oxygen atoms in total. The Hall–Kier alpha value is -1.99. The molecule has 0 saturated carbocycles. The van der Waals surface area contributed by atoms with Gasteiger partial charge in [0.15, 0.2) is 11.5 Å². The van der Waals surface area contributed by atoms with E-state index in [1.807, 2.05) is 28.1 Å². The van der Waals surface area contributed by atoms with Crippen molar-refractivity contribution in [1.29, 1.82) is 0 Å². The number of aliphatic hydroxyl groups excluding tert-OH is 1. The second-order valence-corrected chi connectivity index (χ2v) is 6.63. The topological polar surface area (TPSA) is 66.5 Å². The number of nitrogens with zero attached hydrogens (tertiary/aromatic N) is 5. The van der Waals surface area contributed by atoms with Crippen LogP contribution in [0.2, 0.25) is 0 Å². The summed E-state index contributed by atoms with van der Waals surface area (Å²) in [6.07, 6.45) is 4.29. The van der Waals surface area contributed by atoms with Crippen molar-refractivity contribution in [1.82, 2.24) is 19.8 Å². The van der Waals surface area contributed by atoms with Crippen LogP contribution in [0.1, 0.15) is 25.7 Å². The van der Waals surface area contributed by atoms with Gasteiger partial charge >= 0.3 is 0 Å². The van der Waals surface area contributed by atoms with Crippen molar-refractivity contribution in [3.63, 3.8) is 0 Å². The van der Waals surface area contributed by atoms with Gasteiger partial charge < -0.3 is 10.0 Å². The predicted octanol–water partition coefficient (Wildman–Crippen LogP) is 2.59. The molecule has 1 atom stereocenters. The standard InChI is InChI=1S/C16H19N5OS/c22-9-6-13-3-1-2-8-20(13)15-5-4-14-17-18-16(21(14)19-15)12-7-10-23-11-12/h4-5,7,10-11,13,22H,1-3,6,8-9H2. The molecule has 3 aromatic heterocycles. The summed E-state index contributed by atoms with van der Waals surface area (Å²) in [4.78, 5) is 2.32. The Morgan fingerprint density at radius 2 is 2.17 bits per heavy atom. The van der Waals surface area contributed by atoms with Crippen LogP contribution in [0.25, 0.3) is 17.0 Å². The van der Waals surface area contributed by atoms with E-state index in [4.69, 9.17) is 5.10 Å². The molecule has 0 bridgehead atoms. The fourth-order valence-electron chi connectivity index (χ4n) is 3.26. The van der Waals surface area contributed by atoms with Gasteiger partial charge in [-0.25, -0.2) is 0 Å². The Bertz CT molecular complexity index is 783. The Balaban J connectivity index is 1.74. The molecule has 1 fully saturated rings. The molecule has 0 aliphatic carbocycles. The average molecular weight is 329 g/mol. The molecule has 0 spiro atoms. The van der Waals surface area contributed by atoms with E-state index >= 15 is 0 Å². The van der Waals surface area contributed by atoms with Crippen LogP contribution in [0.5, 0.6) is 0 Å². The summed E-state index contributed by atoms with van der Waals surface area (Å²) in [5, 5.41) is 26.7. The number of hydrogen-bond donors (Lipinski definition) is 1. The number of piperidine rings is 1. The third-order valence-electron chi connectivity index (χ3n) is 4.41. The van der Waals surface area contributed by atoms with E-state index in [0.29, 0.717) is 6.04 Å². The Kier molecular flexibility index (Phi) is 3.97. The van der Waals surface area contributed by atoms with Crippen molar-refractivity contribution in [2.24, 2.45) is 0 Å². The molecule has 1 N–H and O–H groups in total. The van der Waals surface area contributed by atoms with Gasteiger partial charge in [-0.2, -0.15) is 15.9 Å². The monoisotopic (exact) mass is 329 g/mol. The quantitative estimate of drug-likeness (QED) is 0.797. The van der Waals surface area contributed by atoms with Gasteiger partial charge in [0, 0.05) is 30.1 Å². The molecule has 1 saturated heterocycles. The van der Waals surface area contributed by atoms with E-state index in [2.05, 4.69) is 20.5 Å². The van der Waals surface area contributed by atoms with Crippen LogP contribution < -0.4 is 4.90 Å². The Morgan fingerprint density at radius 3 is 3.00 bits per heavy atom.